The Kier molecular flexibility index (Phi) is 9.72. The number of hydrogen-bond donors (Lipinski definition) is 0. The van der Waals surface area contributed by atoms with Gasteiger partial charge in [0.15, 0.2) is 0 Å². The Morgan fingerprint density at radius 3 is 1.89 bits per heavy atom. The van der Waals surface area contributed by atoms with E-state index in [1.165, 1.54) is 0 Å². The van der Waals surface area contributed by atoms with Crippen LogP contribution in [0, 0.1) is 13.8 Å². The molecule has 0 bridgehead atoms. The molecule has 11 heteroatoms. The number of hydrogen-bond acceptors (Lipinski definition) is 8. The number of aryl methyl sites for hydroxylation is 2. The van der Waals surface area contributed by atoms with Crippen molar-refractivity contribution < 1.29 is 36.4 Å². The number of rotatable bonds is 11. The predicted molar refractivity (Wildman–Crippen MR) is 144 cm³/mol. The van der Waals surface area contributed by atoms with E-state index >= 15 is 0 Å². The second-order valence-corrected chi connectivity index (χ2v) is 12.3. The summed E-state index contributed by atoms with van der Waals surface area (Å²) in [6.07, 6.45) is -0.819. The molecule has 0 saturated carbocycles. The Balaban J connectivity index is 1.98. The number of esters is 1. The minimum Gasteiger partial charge on any atom is -0.465 e. The van der Waals surface area contributed by atoms with Crippen molar-refractivity contribution in [1.29, 1.82) is 0 Å². The maximum atomic E-state index is 14.1. The van der Waals surface area contributed by atoms with Crippen LogP contribution in [0.25, 0.3) is 0 Å². The van der Waals surface area contributed by atoms with E-state index in [9.17, 15) is 22.6 Å². The predicted octanol–water partition coefficient (Wildman–Crippen LogP) is 5.51. The van der Waals surface area contributed by atoms with Gasteiger partial charge in [-0.05, 0) is 61.7 Å². The Bertz CT molecular complexity index is 1370. The first-order valence-corrected chi connectivity index (χ1v) is 15.2. The van der Waals surface area contributed by atoms with Crippen molar-refractivity contribution in [3.8, 4) is 11.5 Å². The lowest BCUT2D eigenvalue weighted by Crippen LogP contribution is -2.41. The molecule has 0 atom stereocenters. The van der Waals surface area contributed by atoms with E-state index in [2.05, 4.69) is 0 Å². The molecule has 38 heavy (non-hydrogen) atoms. The molecule has 0 aliphatic carbocycles. The van der Waals surface area contributed by atoms with Crippen LogP contribution in [-0.2, 0) is 29.7 Å². The van der Waals surface area contributed by atoms with Crippen molar-refractivity contribution in [2.75, 3.05) is 19.4 Å². The van der Waals surface area contributed by atoms with Gasteiger partial charge in [0.1, 0.15) is 24.3 Å². The largest absolute Gasteiger partial charge is 0.465 e. The Morgan fingerprint density at radius 2 is 1.39 bits per heavy atom. The quantitative estimate of drug-likeness (QED) is 0.223. The van der Waals surface area contributed by atoms with Crippen LogP contribution in [0.1, 0.15) is 23.6 Å². The van der Waals surface area contributed by atoms with Crippen LogP contribution in [0.2, 0.25) is 0 Å². The summed E-state index contributed by atoms with van der Waals surface area (Å²) in [7, 11) is -8.76. The van der Waals surface area contributed by atoms with E-state index in [1.807, 2.05) is 26.0 Å². The second kappa shape index (κ2) is 12.8. The zero-order valence-corrected chi connectivity index (χ0v) is 23.1. The number of nitrogens with zero attached hydrogens (tertiary/aromatic N) is 1. The number of benzene rings is 3. The van der Waals surface area contributed by atoms with E-state index in [0.717, 1.165) is 11.1 Å². The van der Waals surface area contributed by atoms with Crippen LogP contribution < -0.4 is 9.05 Å². The fourth-order valence-corrected chi connectivity index (χ4v) is 6.58. The summed E-state index contributed by atoms with van der Waals surface area (Å²) in [5.74, 6) is -1.09. The standard InChI is InChI=1S/C27H30NO8PS/c1-4-34-26(29)18-28(27(30)38(32,33)19-23-12-6-5-7-13-23)20-37(31,35-24-14-8-10-21(2)16-24)36-25-15-9-11-22(3)17-25/h5-17H,4,18-20H2,1-3H3. The molecule has 0 N–H and O–H groups in total. The monoisotopic (exact) mass is 559 g/mol. The molecule has 1 amide bonds. The van der Waals surface area contributed by atoms with Gasteiger partial charge in [0.25, 0.3) is 0 Å². The minimum atomic E-state index is -4.46. The molecule has 9 nitrogen and oxygen atoms in total. The number of amides is 1. The molecule has 3 aromatic rings. The van der Waals surface area contributed by atoms with Crippen LogP contribution in [0.5, 0.6) is 11.5 Å². The van der Waals surface area contributed by atoms with Crippen molar-refractivity contribution in [3.05, 3.63) is 95.6 Å². The molecule has 0 aromatic heterocycles. The Labute approximate surface area is 222 Å². The molecule has 202 valence electrons. The van der Waals surface area contributed by atoms with Crippen molar-refractivity contribution >= 4 is 28.6 Å². The molecule has 0 aliphatic heterocycles. The summed E-state index contributed by atoms with van der Waals surface area (Å²) >= 11 is 0. The summed E-state index contributed by atoms with van der Waals surface area (Å²) in [6, 6.07) is 21.5. The molecule has 0 saturated heterocycles. The van der Waals surface area contributed by atoms with Gasteiger partial charge in [0.2, 0.25) is 9.84 Å². The molecule has 0 radical (unpaired) electrons. The fourth-order valence-electron chi connectivity index (χ4n) is 3.54. The topological polar surface area (TPSA) is 116 Å². The first-order valence-electron chi connectivity index (χ1n) is 11.8. The molecular weight excluding hydrogens is 529 g/mol. The van der Waals surface area contributed by atoms with Gasteiger partial charge >= 0.3 is 18.8 Å². The first-order chi connectivity index (χ1) is 18.0. The third-order valence-electron chi connectivity index (χ3n) is 5.16. The number of carbonyl (C=O) groups excluding carboxylic acids is 2. The normalized spacial score (nSPS) is 11.4. The average Bonchev–Trinajstić information content (AvgIpc) is 2.83. The molecule has 0 aliphatic rings. The van der Waals surface area contributed by atoms with Crippen molar-refractivity contribution in [2.45, 2.75) is 26.5 Å². The second-order valence-electron chi connectivity index (χ2n) is 8.58. The van der Waals surface area contributed by atoms with E-state index in [-0.39, 0.29) is 18.1 Å². The van der Waals surface area contributed by atoms with E-state index in [4.69, 9.17) is 13.8 Å². The summed E-state index contributed by atoms with van der Waals surface area (Å²) in [5.41, 5.74) is 2.01. The smallest absolute Gasteiger partial charge is 0.450 e. The van der Waals surface area contributed by atoms with E-state index in [0.29, 0.717) is 10.5 Å². The van der Waals surface area contributed by atoms with Gasteiger partial charge in [-0.2, -0.15) is 0 Å². The molecule has 0 heterocycles. The average molecular weight is 560 g/mol. The van der Waals surface area contributed by atoms with Crippen LogP contribution in [-0.4, -0.2) is 44.0 Å². The Hall–Kier alpha value is -3.62. The molecular formula is C27H30NO8PS. The molecule has 0 unspecified atom stereocenters. The Morgan fingerprint density at radius 1 is 0.842 bits per heavy atom. The summed E-state index contributed by atoms with van der Waals surface area (Å²) in [6.45, 7) is 4.44. The summed E-state index contributed by atoms with van der Waals surface area (Å²) in [4.78, 5) is 26.3. The lowest BCUT2D eigenvalue weighted by Gasteiger charge is -2.27. The van der Waals surface area contributed by atoms with Gasteiger partial charge in [-0.25, -0.2) is 13.0 Å². The van der Waals surface area contributed by atoms with Gasteiger partial charge in [-0.15, -0.1) is 0 Å². The van der Waals surface area contributed by atoms with Crippen molar-refractivity contribution in [1.82, 2.24) is 4.90 Å². The maximum Gasteiger partial charge on any atom is 0.450 e. The fraction of sp³-hybridized carbons (Fsp3) is 0.259. The summed E-state index contributed by atoms with van der Waals surface area (Å²) < 4.78 is 56.7. The third kappa shape index (κ3) is 8.46. The molecule has 0 spiro atoms. The van der Waals surface area contributed by atoms with Crippen molar-refractivity contribution in [2.24, 2.45) is 0 Å². The minimum absolute atomic E-state index is 0.00880. The van der Waals surface area contributed by atoms with Crippen molar-refractivity contribution in [3.63, 3.8) is 0 Å². The number of ether oxygens (including phenoxy) is 1. The number of carbonyl (C=O) groups is 2. The van der Waals surface area contributed by atoms with Crippen LogP contribution in [0.3, 0.4) is 0 Å². The highest BCUT2D eigenvalue weighted by Gasteiger charge is 2.39. The zero-order chi connectivity index (χ0) is 27.8. The lowest BCUT2D eigenvalue weighted by atomic mass is 10.2. The lowest BCUT2D eigenvalue weighted by molar-refractivity contribution is -0.143. The molecule has 0 fully saturated rings. The molecule has 3 rings (SSSR count). The highest BCUT2D eigenvalue weighted by atomic mass is 32.2. The first kappa shape index (κ1) is 28.9. The SMILES string of the molecule is CCOC(=O)CN(CP(=O)(Oc1cccc(C)c1)Oc1cccc(C)c1)C(=O)S(=O)(=O)Cc1ccccc1. The van der Waals surface area contributed by atoms with E-state index < -0.39 is 47.2 Å². The van der Waals surface area contributed by atoms with Gasteiger partial charge in [-0.1, -0.05) is 54.6 Å². The van der Waals surface area contributed by atoms with Gasteiger partial charge < -0.3 is 18.7 Å². The van der Waals surface area contributed by atoms with Gasteiger partial charge in [-0.3, -0.25) is 9.59 Å². The van der Waals surface area contributed by atoms with Gasteiger partial charge in [0, 0.05) is 0 Å². The van der Waals surface area contributed by atoms with Crippen LogP contribution in [0.15, 0.2) is 78.9 Å². The molecule has 3 aromatic carbocycles. The maximum absolute atomic E-state index is 14.1. The third-order valence-corrected chi connectivity index (χ3v) is 8.33. The number of sulfone groups is 1. The van der Waals surface area contributed by atoms with E-state index in [1.54, 1.807) is 73.7 Å². The zero-order valence-electron chi connectivity index (χ0n) is 21.4. The van der Waals surface area contributed by atoms with Gasteiger partial charge in [0.05, 0.1) is 12.4 Å². The highest BCUT2D eigenvalue weighted by molar-refractivity contribution is 8.05. The van der Waals surface area contributed by atoms with Crippen LogP contribution in [0.4, 0.5) is 4.79 Å². The highest BCUT2D eigenvalue weighted by Crippen LogP contribution is 2.49. The van der Waals surface area contributed by atoms with Crippen LogP contribution >= 0.6 is 7.60 Å². The summed E-state index contributed by atoms with van der Waals surface area (Å²) in [5, 5.41) is -1.39.